The Kier molecular flexibility index (Phi) is 3.61. The number of nitrogens with two attached hydrogens (primary N) is 1. The van der Waals surface area contributed by atoms with E-state index in [0.29, 0.717) is 11.5 Å². The number of nitrogens with zero attached hydrogens (tertiary/aromatic N) is 3. The second kappa shape index (κ2) is 5.16. The maximum absolute atomic E-state index is 12.0. The van der Waals surface area contributed by atoms with Crippen LogP contribution in [0.25, 0.3) is 0 Å². The number of anilines is 1. The van der Waals surface area contributed by atoms with Crippen LogP contribution in [0.3, 0.4) is 0 Å². The number of nitrogen functional groups attached to an aromatic ring is 1. The van der Waals surface area contributed by atoms with Crippen LogP contribution in [0.5, 0.6) is 0 Å². The molecule has 1 aliphatic heterocycles. The highest BCUT2D eigenvalue weighted by Gasteiger charge is 2.18. The van der Waals surface area contributed by atoms with Crippen molar-refractivity contribution >= 4 is 23.5 Å². The summed E-state index contributed by atoms with van der Waals surface area (Å²) in [6.07, 6.45) is 3.90. The molecular formula is C10H14N4OS. The van der Waals surface area contributed by atoms with E-state index in [4.69, 9.17) is 5.73 Å². The Morgan fingerprint density at radius 1 is 1.31 bits per heavy atom. The molecule has 1 amide bonds. The Labute approximate surface area is 98.4 Å². The predicted molar refractivity (Wildman–Crippen MR) is 64.3 cm³/mol. The second-order valence-corrected chi connectivity index (χ2v) is 4.81. The average molecular weight is 238 g/mol. The maximum atomic E-state index is 12.0. The van der Waals surface area contributed by atoms with Crippen LogP contribution in [0, 0.1) is 0 Å². The van der Waals surface area contributed by atoms with E-state index < -0.39 is 0 Å². The van der Waals surface area contributed by atoms with Gasteiger partial charge in [0.2, 0.25) is 0 Å². The Morgan fingerprint density at radius 3 is 2.94 bits per heavy atom. The molecule has 0 spiro atoms. The molecular weight excluding hydrogens is 224 g/mol. The molecule has 0 atom stereocenters. The molecule has 16 heavy (non-hydrogen) atoms. The molecule has 2 heterocycles. The first-order valence-corrected chi connectivity index (χ1v) is 6.37. The molecule has 86 valence electrons. The lowest BCUT2D eigenvalue weighted by Crippen LogP contribution is -2.33. The SMILES string of the molecule is Nc1cnc(C(=O)N2CCCSCC2)cn1. The van der Waals surface area contributed by atoms with Crippen LogP contribution in [0.4, 0.5) is 5.82 Å². The quantitative estimate of drug-likeness (QED) is 0.777. The molecule has 6 heteroatoms. The van der Waals surface area contributed by atoms with Gasteiger partial charge in [0.05, 0.1) is 12.4 Å². The minimum atomic E-state index is -0.0463. The van der Waals surface area contributed by atoms with E-state index in [1.165, 1.54) is 12.4 Å². The summed E-state index contributed by atoms with van der Waals surface area (Å²) >= 11 is 1.88. The van der Waals surface area contributed by atoms with Crippen molar-refractivity contribution < 1.29 is 4.79 Å². The Morgan fingerprint density at radius 2 is 2.19 bits per heavy atom. The van der Waals surface area contributed by atoms with Gasteiger partial charge in [-0.15, -0.1) is 0 Å². The van der Waals surface area contributed by atoms with Crippen molar-refractivity contribution in [3.8, 4) is 0 Å². The van der Waals surface area contributed by atoms with E-state index in [9.17, 15) is 4.79 Å². The minimum absolute atomic E-state index is 0.0463. The van der Waals surface area contributed by atoms with Gasteiger partial charge in [-0.25, -0.2) is 9.97 Å². The summed E-state index contributed by atoms with van der Waals surface area (Å²) in [4.78, 5) is 21.8. The van der Waals surface area contributed by atoms with Crippen LogP contribution >= 0.6 is 11.8 Å². The van der Waals surface area contributed by atoms with Crippen molar-refractivity contribution in [1.29, 1.82) is 0 Å². The number of amides is 1. The number of hydrogen-bond donors (Lipinski definition) is 1. The number of carbonyl (C=O) groups is 1. The number of thioether (sulfide) groups is 1. The zero-order valence-electron chi connectivity index (χ0n) is 8.93. The second-order valence-electron chi connectivity index (χ2n) is 3.58. The zero-order chi connectivity index (χ0) is 11.4. The molecule has 1 saturated heterocycles. The highest BCUT2D eigenvalue weighted by molar-refractivity contribution is 7.99. The molecule has 0 aliphatic carbocycles. The van der Waals surface area contributed by atoms with E-state index in [-0.39, 0.29) is 5.91 Å². The molecule has 1 aromatic rings. The van der Waals surface area contributed by atoms with Crippen LogP contribution in [-0.4, -0.2) is 45.4 Å². The molecule has 0 aromatic carbocycles. The lowest BCUT2D eigenvalue weighted by Gasteiger charge is -2.18. The molecule has 1 fully saturated rings. The summed E-state index contributed by atoms with van der Waals surface area (Å²) in [5, 5.41) is 0. The normalized spacial score (nSPS) is 16.9. The van der Waals surface area contributed by atoms with Crippen LogP contribution in [0.2, 0.25) is 0 Å². The molecule has 2 rings (SSSR count). The molecule has 1 aliphatic rings. The van der Waals surface area contributed by atoms with Crippen LogP contribution in [0.15, 0.2) is 12.4 Å². The first-order valence-electron chi connectivity index (χ1n) is 5.22. The van der Waals surface area contributed by atoms with E-state index in [0.717, 1.165) is 31.0 Å². The van der Waals surface area contributed by atoms with Crippen LogP contribution in [-0.2, 0) is 0 Å². The lowest BCUT2D eigenvalue weighted by atomic mass is 10.3. The summed E-state index contributed by atoms with van der Waals surface area (Å²) in [5.41, 5.74) is 5.80. The van der Waals surface area contributed by atoms with Crippen LogP contribution in [0.1, 0.15) is 16.9 Å². The number of hydrogen-bond acceptors (Lipinski definition) is 5. The summed E-state index contributed by atoms with van der Waals surface area (Å²) in [6, 6.07) is 0. The summed E-state index contributed by atoms with van der Waals surface area (Å²) in [6.45, 7) is 1.59. The fourth-order valence-corrected chi connectivity index (χ4v) is 2.45. The molecule has 0 unspecified atom stereocenters. The monoisotopic (exact) mass is 238 g/mol. The van der Waals surface area contributed by atoms with Gasteiger partial charge in [-0.1, -0.05) is 0 Å². The van der Waals surface area contributed by atoms with Gasteiger partial charge in [0.1, 0.15) is 11.5 Å². The van der Waals surface area contributed by atoms with Crippen molar-refractivity contribution in [3.63, 3.8) is 0 Å². The smallest absolute Gasteiger partial charge is 0.274 e. The van der Waals surface area contributed by atoms with Crippen molar-refractivity contribution in [2.75, 3.05) is 30.3 Å². The number of rotatable bonds is 1. The maximum Gasteiger partial charge on any atom is 0.274 e. The van der Waals surface area contributed by atoms with E-state index in [1.807, 2.05) is 16.7 Å². The number of carbonyl (C=O) groups excluding carboxylic acids is 1. The van der Waals surface area contributed by atoms with Crippen molar-refractivity contribution in [2.24, 2.45) is 0 Å². The van der Waals surface area contributed by atoms with Crippen molar-refractivity contribution in [2.45, 2.75) is 6.42 Å². The van der Waals surface area contributed by atoms with E-state index in [2.05, 4.69) is 9.97 Å². The first-order chi connectivity index (χ1) is 7.77. The lowest BCUT2D eigenvalue weighted by molar-refractivity contribution is 0.0762. The molecule has 0 radical (unpaired) electrons. The van der Waals surface area contributed by atoms with E-state index >= 15 is 0 Å². The van der Waals surface area contributed by atoms with Crippen molar-refractivity contribution in [3.05, 3.63) is 18.1 Å². The summed E-state index contributed by atoms with van der Waals surface area (Å²) in [5.74, 6) is 2.41. The summed E-state index contributed by atoms with van der Waals surface area (Å²) in [7, 11) is 0. The van der Waals surface area contributed by atoms with Crippen molar-refractivity contribution in [1.82, 2.24) is 14.9 Å². The van der Waals surface area contributed by atoms with Gasteiger partial charge in [0.15, 0.2) is 0 Å². The zero-order valence-corrected chi connectivity index (χ0v) is 9.74. The first kappa shape index (κ1) is 11.2. The highest BCUT2D eigenvalue weighted by atomic mass is 32.2. The minimum Gasteiger partial charge on any atom is -0.382 e. The third-order valence-electron chi connectivity index (χ3n) is 2.40. The van der Waals surface area contributed by atoms with Gasteiger partial charge in [-0.2, -0.15) is 11.8 Å². The van der Waals surface area contributed by atoms with Gasteiger partial charge in [0, 0.05) is 18.8 Å². The Hall–Kier alpha value is -1.30. The van der Waals surface area contributed by atoms with E-state index in [1.54, 1.807) is 0 Å². The molecule has 0 bridgehead atoms. The van der Waals surface area contributed by atoms with Crippen LogP contribution < -0.4 is 5.73 Å². The highest BCUT2D eigenvalue weighted by Crippen LogP contribution is 2.12. The van der Waals surface area contributed by atoms with Gasteiger partial charge in [0.25, 0.3) is 5.91 Å². The Bertz CT molecular complexity index is 360. The third-order valence-corrected chi connectivity index (χ3v) is 3.45. The topological polar surface area (TPSA) is 72.1 Å². The fourth-order valence-electron chi connectivity index (χ4n) is 1.56. The average Bonchev–Trinajstić information content (AvgIpc) is 2.57. The third kappa shape index (κ3) is 2.63. The predicted octanol–water partition coefficient (Wildman–Crippen LogP) is 0.638. The van der Waals surface area contributed by atoms with Gasteiger partial charge in [-0.05, 0) is 12.2 Å². The molecule has 0 saturated carbocycles. The molecule has 2 N–H and O–H groups in total. The standard InChI is InChI=1S/C10H14N4OS/c11-9-7-12-8(6-13-9)10(15)14-2-1-4-16-5-3-14/h6-7H,1-5H2,(H2,11,13). The van der Waals surface area contributed by atoms with Gasteiger partial charge < -0.3 is 10.6 Å². The fraction of sp³-hybridized carbons (Fsp3) is 0.500. The summed E-state index contributed by atoms with van der Waals surface area (Å²) < 4.78 is 0. The Balaban J connectivity index is 2.08. The largest absolute Gasteiger partial charge is 0.382 e. The van der Waals surface area contributed by atoms with Gasteiger partial charge >= 0.3 is 0 Å². The molecule has 5 nitrogen and oxygen atoms in total. The molecule has 1 aromatic heterocycles. The van der Waals surface area contributed by atoms with Gasteiger partial charge in [-0.3, -0.25) is 4.79 Å². The number of aromatic nitrogens is 2.